The lowest BCUT2D eigenvalue weighted by Crippen LogP contribution is -2.45. The van der Waals surface area contributed by atoms with Gasteiger partial charge >= 0.3 is 5.97 Å². The number of rotatable bonds is 2. The Kier molecular flexibility index (Phi) is 4.05. The van der Waals surface area contributed by atoms with E-state index >= 15 is 0 Å². The van der Waals surface area contributed by atoms with Crippen molar-refractivity contribution in [1.82, 2.24) is 19.8 Å². The van der Waals surface area contributed by atoms with Gasteiger partial charge in [0.1, 0.15) is 5.82 Å². The highest BCUT2D eigenvalue weighted by Gasteiger charge is 2.28. The summed E-state index contributed by atoms with van der Waals surface area (Å²) >= 11 is 0. The van der Waals surface area contributed by atoms with Crippen LogP contribution in [0.4, 0.5) is 0 Å². The maximum atomic E-state index is 11.7. The molecule has 0 bridgehead atoms. The van der Waals surface area contributed by atoms with Gasteiger partial charge in [0.05, 0.1) is 13.2 Å². The Morgan fingerprint density at radius 3 is 2.80 bits per heavy atom. The molecule has 1 aromatic heterocycles. The molecule has 110 valence electrons. The Bertz CT molecular complexity index is 571. The van der Waals surface area contributed by atoms with Crippen LogP contribution < -0.4 is 5.56 Å². The van der Waals surface area contributed by atoms with Crippen LogP contribution in [0.2, 0.25) is 0 Å². The van der Waals surface area contributed by atoms with Crippen LogP contribution in [0.3, 0.4) is 0 Å². The van der Waals surface area contributed by atoms with Crippen LogP contribution in [0.25, 0.3) is 0 Å². The predicted molar refractivity (Wildman–Crippen MR) is 70.7 cm³/mol. The number of H-pyrrole nitrogens is 1. The summed E-state index contributed by atoms with van der Waals surface area (Å²) in [6.45, 7) is 2.41. The van der Waals surface area contributed by atoms with Gasteiger partial charge in [-0.1, -0.05) is 0 Å². The summed E-state index contributed by atoms with van der Waals surface area (Å²) in [6.07, 6.45) is 0. The van der Waals surface area contributed by atoms with Crippen LogP contribution in [-0.4, -0.2) is 71.7 Å². The summed E-state index contributed by atoms with van der Waals surface area (Å²) < 4.78 is 4.52. The van der Waals surface area contributed by atoms with E-state index in [1.807, 2.05) is 19.0 Å². The van der Waals surface area contributed by atoms with Crippen LogP contribution in [0, 0.1) is 0 Å². The Morgan fingerprint density at radius 1 is 1.45 bits per heavy atom. The van der Waals surface area contributed by atoms with E-state index in [4.69, 9.17) is 0 Å². The van der Waals surface area contributed by atoms with Crippen molar-refractivity contribution in [3.05, 3.63) is 21.9 Å². The van der Waals surface area contributed by atoms with Gasteiger partial charge in [-0.3, -0.25) is 9.69 Å². The molecule has 1 aliphatic heterocycles. The molecular weight excluding hydrogens is 264 g/mol. The number of carbonyl (C=O) groups is 1. The number of nitrogens with one attached hydrogen (secondary N) is 1. The summed E-state index contributed by atoms with van der Waals surface area (Å²) in [5.41, 5.74) is -1.09. The zero-order valence-electron chi connectivity index (χ0n) is 11.7. The Labute approximate surface area is 116 Å². The number of aromatic nitrogens is 2. The zero-order chi connectivity index (χ0) is 14.9. The molecule has 1 fully saturated rings. The summed E-state index contributed by atoms with van der Waals surface area (Å²) in [5.74, 6) is -1.20. The molecule has 0 aromatic carbocycles. The fourth-order valence-corrected chi connectivity index (χ4v) is 2.19. The lowest BCUT2D eigenvalue weighted by atomic mass is 10.1. The molecule has 1 unspecified atom stereocenters. The first-order chi connectivity index (χ1) is 9.43. The van der Waals surface area contributed by atoms with Crippen molar-refractivity contribution in [1.29, 1.82) is 0 Å². The van der Waals surface area contributed by atoms with Gasteiger partial charge in [0.15, 0.2) is 5.69 Å². The van der Waals surface area contributed by atoms with E-state index in [1.54, 1.807) is 0 Å². The molecule has 1 saturated heterocycles. The van der Waals surface area contributed by atoms with Crippen LogP contribution in [0.5, 0.6) is 5.75 Å². The van der Waals surface area contributed by atoms with Gasteiger partial charge in [-0.15, -0.1) is 0 Å². The number of carbonyl (C=O) groups excluding carboxylic acids is 1. The van der Waals surface area contributed by atoms with Gasteiger partial charge in [0, 0.05) is 19.6 Å². The summed E-state index contributed by atoms with van der Waals surface area (Å²) in [7, 11) is 5.06. The molecule has 0 spiro atoms. The van der Waals surface area contributed by atoms with Gasteiger partial charge in [-0.05, 0) is 14.1 Å². The fraction of sp³-hybridized carbons (Fsp3) is 0.583. The van der Waals surface area contributed by atoms with Crippen LogP contribution in [0.1, 0.15) is 22.4 Å². The zero-order valence-corrected chi connectivity index (χ0v) is 11.7. The Morgan fingerprint density at radius 2 is 2.15 bits per heavy atom. The number of hydrogen-bond acceptors (Lipinski definition) is 7. The largest absolute Gasteiger partial charge is 0.501 e. The van der Waals surface area contributed by atoms with E-state index < -0.39 is 17.3 Å². The monoisotopic (exact) mass is 282 g/mol. The quantitative estimate of drug-likeness (QED) is 0.684. The molecular formula is C12H18N4O4. The molecule has 1 aromatic rings. The number of hydrogen-bond donors (Lipinski definition) is 2. The van der Waals surface area contributed by atoms with E-state index in [1.165, 1.54) is 7.11 Å². The molecule has 1 atom stereocenters. The molecule has 8 heteroatoms. The van der Waals surface area contributed by atoms with Crippen molar-refractivity contribution in [2.45, 2.75) is 6.04 Å². The molecule has 2 N–H and O–H groups in total. The normalized spacial score (nSPS) is 20.9. The van der Waals surface area contributed by atoms with Crippen LogP contribution in [-0.2, 0) is 4.74 Å². The van der Waals surface area contributed by atoms with E-state index in [9.17, 15) is 14.7 Å². The molecule has 1 aliphatic rings. The van der Waals surface area contributed by atoms with Gasteiger partial charge in [-0.25, -0.2) is 9.78 Å². The number of piperazine rings is 1. The highest BCUT2D eigenvalue weighted by molar-refractivity contribution is 5.89. The van der Waals surface area contributed by atoms with Gasteiger partial charge < -0.3 is 19.7 Å². The Hall–Kier alpha value is -1.93. The molecule has 20 heavy (non-hydrogen) atoms. The summed E-state index contributed by atoms with van der Waals surface area (Å²) in [4.78, 5) is 34.0. The minimum Gasteiger partial charge on any atom is -0.501 e. The van der Waals surface area contributed by atoms with Crippen LogP contribution in [0.15, 0.2) is 4.79 Å². The number of ether oxygens (including phenoxy) is 1. The third kappa shape index (κ3) is 2.66. The SMILES string of the molecule is COC(=O)c1nc(C2CN(C)CCN2C)[nH]c(=O)c1O. The van der Waals surface area contributed by atoms with Crippen molar-refractivity contribution in [2.24, 2.45) is 0 Å². The van der Waals surface area contributed by atoms with Gasteiger partial charge in [0.2, 0.25) is 5.75 Å². The highest BCUT2D eigenvalue weighted by atomic mass is 16.5. The molecule has 2 heterocycles. The molecule has 8 nitrogen and oxygen atoms in total. The predicted octanol–water partition coefficient (Wildman–Crippen LogP) is -0.820. The van der Waals surface area contributed by atoms with Crippen molar-refractivity contribution in [3.8, 4) is 5.75 Å². The molecule has 0 aliphatic carbocycles. The van der Waals surface area contributed by atoms with Gasteiger partial charge in [0.25, 0.3) is 5.56 Å². The standard InChI is InChI=1S/C12H18N4O4/c1-15-4-5-16(2)7(6-15)10-13-8(12(19)20-3)9(17)11(18)14-10/h7,17H,4-6H2,1-3H3,(H,13,14,18). The fourth-order valence-electron chi connectivity index (χ4n) is 2.19. The summed E-state index contributed by atoms with van der Waals surface area (Å²) in [6, 6.07) is -0.148. The second kappa shape index (κ2) is 5.59. The van der Waals surface area contributed by atoms with E-state index in [2.05, 4.69) is 19.6 Å². The molecule has 0 radical (unpaired) electrons. The van der Waals surface area contributed by atoms with E-state index in [0.717, 1.165) is 13.1 Å². The second-order valence-electron chi connectivity index (χ2n) is 4.90. The maximum absolute atomic E-state index is 11.7. The number of aromatic amines is 1. The van der Waals surface area contributed by atoms with E-state index in [0.29, 0.717) is 12.4 Å². The molecule has 0 amide bonds. The van der Waals surface area contributed by atoms with E-state index in [-0.39, 0.29) is 11.7 Å². The average Bonchev–Trinajstić information content (AvgIpc) is 2.43. The topological polar surface area (TPSA) is 98.8 Å². The number of esters is 1. The lowest BCUT2D eigenvalue weighted by Gasteiger charge is -2.36. The van der Waals surface area contributed by atoms with Gasteiger partial charge in [-0.2, -0.15) is 0 Å². The second-order valence-corrected chi connectivity index (χ2v) is 4.90. The smallest absolute Gasteiger partial charge is 0.360 e. The molecule has 2 rings (SSSR count). The van der Waals surface area contributed by atoms with Crippen molar-refractivity contribution >= 4 is 5.97 Å². The maximum Gasteiger partial charge on any atom is 0.360 e. The minimum absolute atomic E-state index is 0.148. The van der Waals surface area contributed by atoms with Crippen LogP contribution >= 0.6 is 0 Å². The third-order valence-electron chi connectivity index (χ3n) is 3.46. The number of aromatic hydroxyl groups is 1. The average molecular weight is 282 g/mol. The Balaban J connectivity index is 2.44. The first-order valence-electron chi connectivity index (χ1n) is 6.24. The number of likely N-dealkylation sites (N-methyl/N-ethyl adjacent to an activating group) is 2. The lowest BCUT2D eigenvalue weighted by molar-refractivity contribution is 0.0586. The van der Waals surface area contributed by atoms with Crippen molar-refractivity contribution < 1.29 is 14.6 Å². The third-order valence-corrected chi connectivity index (χ3v) is 3.46. The van der Waals surface area contributed by atoms with Crippen molar-refractivity contribution in [2.75, 3.05) is 40.8 Å². The summed E-state index contributed by atoms with van der Waals surface area (Å²) in [5, 5.41) is 9.61. The minimum atomic E-state index is -0.832. The number of nitrogens with zero attached hydrogens (tertiary/aromatic N) is 3. The van der Waals surface area contributed by atoms with Crippen molar-refractivity contribution in [3.63, 3.8) is 0 Å². The first-order valence-corrected chi connectivity index (χ1v) is 6.24. The first kappa shape index (κ1) is 14.5. The highest BCUT2D eigenvalue weighted by Crippen LogP contribution is 2.21. The number of methoxy groups -OCH3 is 1. The molecule has 0 saturated carbocycles.